The van der Waals surface area contributed by atoms with Gasteiger partial charge in [0.25, 0.3) is 0 Å². The molecule has 1 fully saturated rings. The molecule has 0 saturated carbocycles. The summed E-state index contributed by atoms with van der Waals surface area (Å²) in [5, 5.41) is 13.6. The number of rotatable bonds is 8. The zero-order valence-electron chi connectivity index (χ0n) is 16.9. The highest BCUT2D eigenvalue weighted by Gasteiger charge is 2.32. The molecule has 2 amide bonds. The fraction of sp³-hybridized carbons (Fsp3) is 0.238. The number of amides is 2. The molecule has 0 radical (unpaired) electrons. The average molecular weight is 461 g/mol. The molecule has 0 aromatic heterocycles. The molecule has 0 spiro atoms. The summed E-state index contributed by atoms with van der Waals surface area (Å²) in [6.45, 7) is 2.31. The van der Waals surface area contributed by atoms with Crippen molar-refractivity contribution < 1.29 is 19.1 Å². The molecule has 2 N–H and O–H groups in total. The lowest BCUT2D eigenvalue weighted by molar-refractivity contribution is -0.122. The molecule has 2 aromatic rings. The molecular weight excluding hydrogens is 440 g/mol. The fourth-order valence-corrected chi connectivity index (χ4v) is 3.93. The van der Waals surface area contributed by atoms with Crippen molar-refractivity contribution in [2.45, 2.75) is 18.6 Å². The Morgan fingerprint density at radius 1 is 1.32 bits per heavy atom. The highest BCUT2D eigenvalue weighted by Crippen LogP contribution is 2.36. The summed E-state index contributed by atoms with van der Waals surface area (Å²) in [5.74, 6) is 0.412. The Morgan fingerprint density at radius 2 is 2.10 bits per heavy atom. The van der Waals surface area contributed by atoms with E-state index in [0.717, 1.165) is 11.8 Å². The molecule has 0 aliphatic carbocycles. The van der Waals surface area contributed by atoms with Crippen molar-refractivity contribution in [1.82, 2.24) is 5.32 Å². The summed E-state index contributed by atoms with van der Waals surface area (Å²) in [6, 6.07) is 12.5. The number of carbonyl (C=O) groups is 2. The topological polar surface area (TPSA) is 101 Å². The van der Waals surface area contributed by atoms with Crippen LogP contribution in [0.25, 0.3) is 0 Å². The summed E-state index contributed by atoms with van der Waals surface area (Å²) >= 11 is 7.40. The van der Waals surface area contributed by atoms with Gasteiger partial charge in [0, 0.05) is 17.7 Å². The van der Waals surface area contributed by atoms with Gasteiger partial charge in [0.2, 0.25) is 11.8 Å². The molecule has 1 aliphatic heterocycles. The maximum atomic E-state index is 12.2. The van der Waals surface area contributed by atoms with Gasteiger partial charge in [-0.3, -0.25) is 9.59 Å². The van der Waals surface area contributed by atoms with Crippen molar-refractivity contribution in [3.8, 4) is 11.5 Å². The second-order valence-corrected chi connectivity index (χ2v) is 7.93. The van der Waals surface area contributed by atoms with Crippen molar-refractivity contribution >= 4 is 52.2 Å². The molecule has 0 unspecified atom stereocenters. The Kier molecular flexibility index (Phi) is 7.91. The van der Waals surface area contributed by atoms with Crippen molar-refractivity contribution in [1.29, 1.82) is 0 Å². The third-order valence-corrected chi connectivity index (χ3v) is 5.45. The molecule has 1 aliphatic rings. The van der Waals surface area contributed by atoms with Gasteiger partial charge in [-0.2, -0.15) is 5.10 Å². The molecule has 0 bridgehead atoms. The van der Waals surface area contributed by atoms with E-state index in [-0.39, 0.29) is 18.2 Å². The first-order chi connectivity index (χ1) is 15.0. The Morgan fingerprint density at radius 3 is 2.81 bits per heavy atom. The normalized spacial score (nSPS) is 17.1. The zero-order chi connectivity index (χ0) is 22.2. The smallest absolute Gasteiger partial charge is 0.240 e. The summed E-state index contributed by atoms with van der Waals surface area (Å²) < 4.78 is 10.8. The van der Waals surface area contributed by atoms with E-state index in [1.807, 2.05) is 25.1 Å². The van der Waals surface area contributed by atoms with Gasteiger partial charge in [-0.1, -0.05) is 41.6 Å². The van der Waals surface area contributed by atoms with Crippen molar-refractivity contribution in [3.05, 3.63) is 53.1 Å². The van der Waals surface area contributed by atoms with Crippen molar-refractivity contribution in [2.75, 3.05) is 19.0 Å². The predicted octanol–water partition coefficient (Wildman–Crippen LogP) is 3.70. The lowest BCUT2D eigenvalue weighted by atomic mass is 10.2. The quantitative estimate of drug-likeness (QED) is 0.462. The first-order valence-corrected chi connectivity index (χ1v) is 10.7. The number of para-hydroxylation sites is 1. The number of hydrogen-bond acceptors (Lipinski definition) is 7. The molecule has 1 atom stereocenters. The molecule has 1 saturated heterocycles. The second-order valence-electron chi connectivity index (χ2n) is 6.33. The van der Waals surface area contributed by atoms with Crippen LogP contribution in [-0.4, -0.2) is 42.2 Å². The van der Waals surface area contributed by atoms with E-state index in [4.69, 9.17) is 21.1 Å². The van der Waals surface area contributed by atoms with Crippen LogP contribution in [0, 0.1) is 0 Å². The number of carbonyl (C=O) groups excluding carboxylic acids is 2. The summed E-state index contributed by atoms with van der Waals surface area (Å²) in [4.78, 5) is 24.3. The number of methoxy groups -OCH3 is 1. The lowest BCUT2D eigenvalue weighted by Gasteiger charge is -2.11. The van der Waals surface area contributed by atoms with E-state index in [1.54, 1.807) is 24.3 Å². The maximum absolute atomic E-state index is 12.2. The van der Waals surface area contributed by atoms with Gasteiger partial charge in [0.05, 0.1) is 25.0 Å². The minimum atomic E-state index is -0.572. The van der Waals surface area contributed by atoms with Crippen LogP contribution in [0.15, 0.2) is 52.7 Å². The van der Waals surface area contributed by atoms with Crippen LogP contribution < -0.4 is 20.1 Å². The number of nitrogens with zero attached hydrogens (tertiary/aromatic N) is 2. The Bertz CT molecular complexity index is 1010. The lowest BCUT2D eigenvalue weighted by Crippen LogP contribution is -2.28. The van der Waals surface area contributed by atoms with E-state index >= 15 is 0 Å². The largest absolute Gasteiger partial charge is 0.493 e. The highest BCUT2D eigenvalue weighted by atomic mass is 35.5. The number of nitrogens with one attached hydrogen (secondary N) is 2. The van der Waals surface area contributed by atoms with Gasteiger partial charge < -0.3 is 20.1 Å². The van der Waals surface area contributed by atoms with Crippen LogP contribution in [0.3, 0.4) is 0 Å². The molecule has 10 heteroatoms. The van der Waals surface area contributed by atoms with E-state index in [9.17, 15) is 9.59 Å². The minimum Gasteiger partial charge on any atom is -0.493 e. The van der Waals surface area contributed by atoms with E-state index < -0.39 is 5.25 Å². The van der Waals surface area contributed by atoms with Crippen LogP contribution >= 0.6 is 23.4 Å². The SMILES string of the molecule is CCOc1c(Cl)cc(/C=N\N=C2\NC(=O)[C@@H](CC(=O)Nc3ccccc3)S2)cc1OC. The van der Waals surface area contributed by atoms with Gasteiger partial charge in [-0.15, -0.1) is 5.10 Å². The van der Waals surface area contributed by atoms with E-state index in [2.05, 4.69) is 20.8 Å². The van der Waals surface area contributed by atoms with Gasteiger partial charge >= 0.3 is 0 Å². The number of anilines is 1. The molecule has 2 aromatic carbocycles. The third kappa shape index (κ3) is 6.22. The monoisotopic (exact) mass is 460 g/mol. The molecule has 8 nitrogen and oxygen atoms in total. The molecule has 1 heterocycles. The standard InChI is InChI=1S/C21H21ClN4O4S/c1-3-30-19-15(22)9-13(10-16(19)29-2)12-23-26-21-25-20(28)17(31-21)11-18(27)24-14-7-5-4-6-8-14/h4-10,12,17H,3,11H2,1-2H3,(H,24,27)(H,25,26,28)/b23-12-/t17-/m1/s1. The van der Waals surface area contributed by atoms with Crippen LogP contribution in [-0.2, 0) is 9.59 Å². The summed E-state index contributed by atoms with van der Waals surface area (Å²) in [7, 11) is 1.52. The summed E-state index contributed by atoms with van der Waals surface area (Å²) in [6.07, 6.45) is 1.51. The highest BCUT2D eigenvalue weighted by molar-refractivity contribution is 8.15. The molecule has 3 rings (SSSR count). The van der Waals surface area contributed by atoms with E-state index in [1.165, 1.54) is 13.3 Å². The maximum Gasteiger partial charge on any atom is 0.240 e. The van der Waals surface area contributed by atoms with Crippen molar-refractivity contribution in [3.63, 3.8) is 0 Å². The van der Waals surface area contributed by atoms with Crippen molar-refractivity contribution in [2.24, 2.45) is 10.2 Å². The van der Waals surface area contributed by atoms with Crippen LogP contribution in [0.5, 0.6) is 11.5 Å². The summed E-state index contributed by atoms with van der Waals surface area (Å²) in [5.41, 5.74) is 1.33. The van der Waals surface area contributed by atoms with E-state index in [0.29, 0.717) is 39.5 Å². The van der Waals surface area contributed by atoms with Crippen LogP contribution in [0.4, 0.5) is 5.69 Å². The zero-order valence-corrected chi connectivity index (χ0v) is 18.5. The van der Waals surface area contributed by atoms with Gasteiger partial charge in [0.15, 0.2) is 16.7 Å². The number of thioether (sulfide) groups is 1. The van der Waals surface area contributed by atoms with Gasteiger partial charge in [-0.25, -0.2) is 0 Å². The average Bonchev–Trinajstić information content (AvgIpc) is 3.09. The Balaban J connectivity index is 1.61. The van der Waals surface area contributed by atoms with Crippen LogP contribution in [0.2, 0.25) is 5.02 Å². The number of halogens is 1. The third-order valence-electron chi connectivity index (χ3n) is 4.10. The minimum absolute atomic E-state index is 0.0276. The molecular formula is C21H21ClN4O4S. The van der Waals surface area contributed by atoms with Gasteiger partial charge in [0.1, 0.15) is 5.25 Å². The first-order valence-electron chi connectivity index (χ1n) is 9.44. The Labute approximate surface area is 189 Å². The Hall–Kier alpha value is -3.04. The number of benzene rings is 2. The molecule has 162 valence electrons. The fourth-order valence-electron chi connectivity index (χ4n) is 2.74. The molecule has 31 heavy (non-hydrogen) atoms. The second kappa shape index (κ2) is 10.8. The first kappa shape index (κ1) is 22.6. The van der Waals surface area contributed by atoms with Gasteiger partial charge in [-0.05, 0) is 31.2 Å². The number of hydrogen-bond donors (Lipinski definition) is 2. The number of amidine groups is 1. The predicted molar refractivity (Wildman–Crippen MR) is 123 cm³/mol. The number of ether oxygens (including phenoxy) is 2. The van der Waals surface area contributed by atoms with Crippen LogP contribution in [0.1, 0.15) is 18.9 Å².